The van der Waals surface area contributed by atoms with Gasteiger partial charge in [0.15, 0.2) is 0 Å². The summed E-state index contributed by atoms with van der Waals surface area (Å²) in [6.07, 6.45) is 1.99. The summed E-state index contributed by atoms with van der Waals surface area (Å²) in [5.41, 5.74) is 2.24. The van der Waals surface area contributed by atoms with Crippen molar-refractivity contribution >= 4 is 45.0 Å². The molecule has 0 aliphatic rings. The van der Waals surface area contributed by atoms with Crippen LogP contribution in [0.1, 0.15) is 22.7 Å². The summed E-state index contributed by atoms with van der Waals surface area (Å²) < 4.78 is 28.9. The van der Waals surface area contributed by atoms with Crippen molar-refractivity contribution in [2.75, 3.05) is 6.26 Å². The van der Waals surface area contributed by atoms with Crippen LogP contribution in [0.25, 0.3) is 0 Å². The summed E-state index contributed by atoms with van der Waals surface area (Å²) in [6, 6.07) is 19.0. The summed E-state index contributed by atoms with van der Waals surface area (Å²) in [5.74, 6) is 0. The molecule has 0 radical (unpaired) electrons. The minimum absolute atomic E-state index is 0.205. The van der Waals surface area contributed by atoms with Crippen LogP contribution in [0, 0.1) is 6.92 Å². The summed E-state index contributed by atoms with van der Waals surface area (Å²) in [4.78, 5) is 1.29. The highest BCUT2D eigenvalue weighted by atomic mass is 35.5. The van der Waals surface area contributed by atoms with Gasteiger partial charge in [-0.1, -0.05) is 59.6 Å². The van der Waals surface area contributed by atoms with E-state index in [1.807, 2.05) is 43.5 Å². The second kappa shape index (κ2) is 8.89. The molecule has 1 N–H and O–H groups in total. The number of rotatable bonds is 6. The molecule has 1 atom stereocenters. The molecule has 3 aromatic carbocycles. The smallest absolute Gasteiger partial charge is 0.207 e. The van der Waals surface area contributed by atoms with E-state index in [-0.39, 0.29) is 4.90 Å². The van der Waals surface area contributed by atoms with Gasteiger partial charge in [0.1, 0.15) is 0 Å². The molecule has 146 valence electrons. The van der Waals surface area contributed by atoms with Crippen molar-refractivity contribution in [3.63, 3.8) is 0 Å². The Bertz CT molecular complexity index is 1080. The SMILES string of the molecule is CSc1ccc(C(NS(=O)(=O)c2cccc(C)c2)c2cccc(Cl)c2Cl)cc1. The van der Waals surface area contributed by atoms with Crippen LogP contribution in [0.3, 0.4) is 0 Å². The van der Waals surface area contributed by atoms with E-state index in [0.717, 1.165) is 16.0 Å². The Morgan fingerprint density at radius 3 is 2.29 bits per heavy atom. The zero-order chi connectivity index (χ0) is 20.3. The molecule has 0 heterocycles. The number of aryl methyl sites for hydroxylation is 1. The predicted molar refractivity (Wildman–Crippen MR) is 118 cm³/mol. The fourth-order valence-electron chi connectivity index (χ4n) is 2.86. The Hall–Kier alpha value is -1.50. The van der Waals surface area contributed by atoms with E-state index < -0.39 is 16.1 Å². The Morgan fingerprint density at radius 2 is 1.64 bits per heavy atom. The van der Waals surface area contributed by atoms with Crippen LogP contribution in [0.4, 0.5) is 0 Å². The first kappa shape index (κ1) is 21.2. The van der Waals surface area contributed by atoms with Crippen LogP contribution in [-0.4, -0.2) is 14.7 Å². The zero-order valence-corrected chi connectivity index (χ0v) is 18.5. The highest BCUT2D eigenvalue weighted by Crippen LogP contribution is 2.34. The molecular formula is C21H19Cl2NO2S2. The molecule has 7 heteroatoms. The maximum atomic E-state index is 13.1. The second-order valence-corrected chi connectivity index (χ2v) is 9.67. The fourth-order valence-corrected chi connectivity index (χ4v) is 4.99. The Morgan fingerprint density at radius 1 is 0.964 bits per heavy atom. The number of sulfonamides is 1. The largest absolute Gasteiger partial charge is 0.241 e. The van der Waals surface area contributed by atoms with Gasteiger partial charge in [0.05, 0.1) is 21.0 Å². The summed E-state index contributed by atoms with van der Waals surface area (Å²) in [5, 5.41) is 0.703. The molecule has 0 bridgehead atoms. The lowest BCUT2D eigenvalue weighted by atomic mass is 10.00. The maximum Gasteiger partial charge on any atom is 0.241 e. The second-order valence-electron chi connectivity index (χ2n) is 6.29. The molecule has 0 amide bonds. The Labute approximate surface area is 180 Å². The van der Waals surface area contributed by atoms with E-state index in [1.165, 1.54) is 0 Å². The Balaban J connectivity index is 2.09. The van der Waals surface area contributed by atoms with Crippen LogP contribution in [-0.2, 0) is 10.0 Å². The molecular weight excluding hydrogens is 433 g/mol. The third-order valence-electron chi connectivity index (χ3n) is 4.31. The number of thioether (sulfide) groups is 1. The van der Waals surface area contributed by atoms with E-state index >= 15 is 0 Å². The molecule has 3 aromatic rings. The van der Waals surface area contributed by atoms with Crippen molar-refractivity contribution in [1.29, 1.82) is 0 Å². The molecule has 3 nitrogen and oxygen atoms in total. The minimum atomic E-state index is -3.78. The van der Waals surface area contributed by atoms with Gasteiger partial charge in [-0.05, 0) is 60.2 Å². The van der Waals surface area contributed by atoms with Crippen molar-refractivity contribution in [2.24, 2.45) is 0 Å². The lowest BCUT2D eigenvalue weighted by Crippen LogP contribution is -2.29. The predicted octanol–water partition coefficient (Wildman–Crippen LogP) is 6.09. The van der Waals surface area contributed by atoms with Gasteiger partial charge in [-0.3, -0.25) is 0 Å². The molecule has 0 fully saturated rings. The lowest BCUT2D eigenvalue weighted by molar-refractivity contribution is 0.572. The molecule has 0 saturated heterocycles. The summed E-state index contributed by atoms with van der Waals surface area (Å²) in [7, 11) is -3.78. The zero-order valence-electron chi connectivity index (χ0n) is 15.3. The molecule has 0 spiro atoms. The molecule has 28 heavy (non-hydrogen) atoms. The van der Waals surface area contributed by atoms with E-state index in [2.05, 4.69) is 4.72 Å². The standard InChI is InChI=1S/C21H19Cl2NO2S2/c1-14-5-3-6-17(13-14)28(25,26)24-21(15-9-11-16(27-2)12-10-15)18-7-4-8-19(22)20(18)23/h3-13,21,24H,1-2H3. The van der Waals surface area contributed by atoms with Crippen LogP contribution in [0.15, 0.2) is 76.5 Å². The average molecular weight is 452 g/mol. The maximum absolute atomic E-state index is 13.1. The third-order valence-corrected chi connectivity index (χ3v) is 7.31. The first-order chi connectivity index (χ1) is 13.3. The normalized spacial score (nSPS) is 12.7. The van der Waals surface area contributed by atoms with Crippen molar-refractivity contribution in [2.45, 2.75) is 22.8 Å². The van der Waals surface area contributed by atoms with Gasteiger partial charge < -0.3 is 0 Å². The molecule has 0 aliphatic carbocycles. The first-order valence-electron chi connectivity index (χ1n) is 8.48. The van der Waals surface area contributed by atoms with E-state index in [4.69, 9.17) is 23.2 Å². The Kier molecular flexibility index (Phi) is 6.73. The average Bonchev–Trinajstić information content (AvgIpc) is 2.69. The van der Waals surface area contributed by atoms with Gasteiger partial charge in [0.25, 0.3) is 0 Å². The van der Waals surface area contributed by atoms with Crippen molar-refractivity contribution < 1.29 is 8.42 Å². The molecule has 1 unspecified atom stereocenters. The van der Waals surface area contributed by atoms with Crippen LogP contribution in [0.5, 0.6) is 0 Å². The molecule has 0 saturated carbocycles. The highest BCUT2D eigenvalue weighted by molar-refractivity contribution is 7.98. The quantitative estimate of drug-likeness (QED) is 0.461. The molecule has 0 aliphatic heterocycles. The van der Waals surface area contributed by atoms with Crippen LogP contribution >= 0.6 is 35.0 Å². The van der Waals surface area contributed by atoms with Crippen molar-refractivity contribution in [3.05, 3.63) is 93.5 Å². The van der Waals surface area contributed by atoms with Crippen LogP contribution < -0.4 is 4.72 Å². The number of hydrogen-bond donors (Lipinski definition) is 1. The van der Waals surface area contributed by atoms with Gasteiger partial charge >= 0.3 is 0 Å². The number of halogens is 2. The number of benzene rings is 3. The van der Waals surface area contributed by atoms with Gasteiger partial charge in [-0.2, -0.15) is 4.72 Å². The summed E-state index contributed by atoms with van der Waals surface area (Å²) >= 11 is 14.2. The lowest BCUT2D eigenvalue weighted by Gasteiger charge is -2.22. The number of hydrogen-bond acceptors (Lipinski definition) is 3. The van der Waals surface area contributed by atoms with E-state index in [1.54, 1.807) is 48.2 Å². The number of nitrogens with one attached hydrogen (secondary N) is 1. The minimum Gasteiger partial charge on any atom is -0.207 e. The van der Waals surface area contributed by atoms with Crippen molar-refractivity contribution in [3.8, 4) is 0 Å². The van der Waals surface area contributed by atoms with Crippen LogP contribution in [0.2, 0.25) is 10.0 Å². The highest BCUT2D eigenvalue weighted by Gasteiger charge is 2.25. The summed E-state index contributed by atoms with van der Waals surface area (Å²) in [6.45, 7) is 1.85. The van der Waals surface area contributed by atoms with E-state index in [9.17, 15) is 8.42 Å². The monoisotopic (exact) mass is 451 g/mol. The fraction of sp³-hybridized carbons (Fsp3) is 0.143. The van der Waals surface area contributed by atoms with E-state index in [0.29, 0.717) is 15.6 Å². The van der Waals surface area contributed by atoms with Gasteiger partial charge in [0.2, 0.25) is 10.0 Å². The first-order valence-corrected chi connectivity index (χ1v) is 11.9. The van der Waals surface area contributed by atoms with Gasteiger partial charge in [0, 0.05) is 4.90 Å². The van der Waals surface area contributed by atoms with Gasteiger partial charge in [-0.25, -0.2) is 8.42 Å². The third kappa shape index (κ3) is 4.73. The molecule has 3 rings (SSSR count). The molecule has 0 aromatic heterocycles. The van der Waals surface area contributed by atoms with Gasteiger partial charge in [-0.15, -0.1) is 11.8 Å². The van der Waals surface area contributed by atoms with Crippen molar-refractivity contribution in [1.82, 2.24) is 4.72 Å². The topological polar surface area (TPSA) is 46.2 Å².